The Bertz CT molecular complexity index is 881. The number of alkyl halides is 3. The summed E-state index contributed by atoms with van der Waals surface area (Å²) in [6.45, 7) is -0.655. The number of hydrogen-bond acceptors (Lipinski definition) is 4. The predicted octanol–water partition coefficient (Wildman–Crippen LogP) is 3.18. The number of methoxy groups -OCH3 is 2. The number of rotatable bonds is 5. The van der Waals surface area contributed by atoms with E-state index < -0.39 is 34.8 Å². The van der Waals surface area contributed by atoms with Gasteiger partial charge < -0.3 is 19.4 Å². The van der Waals surface area contributed by atoms with Crippen molar-refractivity contribution in [3.8, 4) is 11.5 Å². The number of nitrogens with one attached hydrogen (secondary N) is 1. The molecule has 0 atom stereocenters. The van der Waals surface area contributed by atoms with Crippen molar-refractivity contribution in [2.75, 3.05) is 19.5 Å². The lowest BCUT2D eigenvalue weighted by atomic mass is 10.2. The predicted molar refractivity (Wildman–Crippen MR) is 88.9 cm³/mol. The van der Waals surface area contributed by atoms with Gasteiger partial charge in [0.05, 0.1) is 25.5 Å². The Morgan fingerprint density at radius 3 is 2.50 bits per heavy atom. The van der Waals surface area contributed by atoms with Crippen molar-refractivity contribution in [2.24, 2.45) is 0 Å². The van der Waals surface area contributed by atoms with Crippen molar-refractivity contribution in [1.82, 2.24) is 4.57 Å². The molecule has 0 aliphatic carbocycles. The molecule has 1 amide bonds. The number of pyridine rings is 1. The summed E-state index contributed by atoms with van der Waals surface area (Å²) in [5, 5.41) is 1.83. The zero-order chi connectivity index (χ0) is 19.5. The molecule has 0 fully saturated rings. The largest absolute Gasteiger partial charge is 0.497 e. The minimum absolute atomic E-state index is 0.268. The van der Waals surface area contributed by atoms with Gasteiger partial charge in [0.15, 0.2) is 0 Å². The number of amides is 1. The van der Waals surface area contributed by atoms with Gasteiger partial charge in [-0.3, -0.25) is 9.59 Å². The number of benzene rings is 1. The first-order valence-corrected chi connectivity index (χ1v) is 7.52. The van der Waals surface area contributed by atoms with Crippen LogP contribution >= 0.6 is 11.6 Å². The fourth-order valence-electron chi connectivity index (χ4n) is 2.12. The molecule has 1 aromatic carbocycles. The van der Waals surface area contributed by atoms with Crippen molar-refractivity contribution in [3.05, 3.63) is 51.4 Å². The number of anilines is 1. The van der Waals surface area contributed by atoms with Crippen molar-refractivity contribution < 1.29 is 27.4 Å². The summed E-state index contributed by atoms with van der Waals surface area (Å²) in [4.78, 5) is 24.0. The van der Waals surface area contributed by atoms with Crippen LogP contribution in [0.15, 0.2) is 35.3 Å². The average molecular weight is 391 g/mol. The van der Waals surface area contributed by atoms with Gasteiger partial charge in [-0.1, -0.05) is 11.6 Å². The fraction of sp³-hybridized carbons (Fsp3) is 0.250. The van der Waals surface area contributed by atoms with Crippen LogP contribution in [0.4, 0.5) is 18.9 Å². The van der Waals surface area contributed by atoms with Crippen molar-refractivity contribution >= 4 is 23.2 Å². The lowest BCUT2D eigenvalue weighted by Crippen LogP contribution is -2.29. The van der Waals surface area contributed by atoms with Gasteiger partial charge in [0.1, 0.15) is 23.1 Å². The third-order valence-corrected chi connectivity index (χ3v) is 3.64. The Kier molecular flexibility index (Phi) is 5.81. The molecule has 0 aliphatic heterocycles. The quantitative estimate of drug-likeness (QED) is 0.851. The Morgan fingerprint density at radius 2 is 1.92 bits per heavy atom. The van der Waals surface area contributed by atoms with Crippen LogP contribution < -0.4 is 20.3 Å². The number of carbonyl (C=O) groups is 1. The van der Waals surface area contributed by atoms with Gasteiger partial charge in [-0.2, -0.15) is 13.2 Å². The van der Waals surface area contributed by atoms with Gasteiger partial charge in [-0.25, -0.2) is 0 Å². The SMILES string of the molecule is COc1ccc(NC(=O)Cn2cc(C(F)(F)F)cc(Cl)c2=O)c(OC)c1. The first kappa shape index (κ1) is 19.6. The second-order valence-electron chi connectivity index (χ2n) is 5.12. The van der Waals surface area contributed by atoms with E-state index in [1.54, 1.807) is 6.07 Å². The van der Waals surface area contributed by atoms with E-state index in [1.807, 2.05) is 0 Å². The highest BCUT2D eigenvalue weighted by Crippen LogP contribution is 2.30. The molecule has 0 radical (unpaired) electrons. The van der Waals surface area contributed by atoms with Crippen LogP contribution in [0.25, 0.3) is 0 Å². The number of carbonyl (C=O) groups excluding carboxylic acids is 1. The molecule has 1 aromatic heterocycles. The number of hydrogen-bond donors (Lipinski definition) is 1. The summed E-state index contributed by atoms with van der Waals surface area (Å²) in [6.07, 6.45) is -4.16. The first-order chi connectivity index (χ1) is 12.2. The zero-order valence-corrected chi connectivity index (χ0v) is 14.4. The van der Waals surface area contributed by atoms with E-state index in [4.69, 9.17) is 21.1 Å². The maximum atomic E-state index is 12.8. The van der Waals surface area contributed by atoms with E-state index in [-0.39, 0.29) is 11.4 Å². The molecule has 140 valence electrons. The minimum Gasteiger partial charge on any atom is -0.497 e. The summed E-state index contributed by atoms with van der Waals surface area (Å²) >= 11 is 5.55. The Labute approximate surface area is 151 Å². The van der Waals surface area contributed by atoms with E-state index in [0.717, 1.165) is 0 Å². The summed E-state index contributed by atoms with van der Waals surface area (Å²) in [6, 6.07) is 5.09. The lowest BCUT2D eigenvalue weighted by molar-refractivity contribution is -0.138. The van der Waals surface area contributed by atoms with Crippen molar-refractivity contribution in [3.63, 3.8) is 0 Å². The first-order valence-electron chi connectivity index (χ1n) is 7.14. The van der Waals surface area contributed by atoms with Crippen LogP contribution in [0.1, 0.15) is 5.56 Å². The number of aromatic nitrogens is 1. The van der Waals surface area contributed by atoms with Crippen LogP contribution in [-0.4, -0.2) is 24.7 Å². The molecule has 0 spiro atoms. The van der Waals surface area contributed by atoms with Crippen molar-refractivity contribution in [2.45, 2.75) is 12.7 Å². The number of ether oxygens (including phenoxy) is 2. The van der Waals surface area contributed by atoms with E-state index >= 15 is 0 Å². The third-order valence-electron chi connectivity index (χ3n) is 3.37. The van der Waals surface area contributed by atoms with Gasteiger partial charge in [-0.15, -0.1) is 0 Å². The molecule has 0 saturated heterocycles. The molecule has 10 heteroatoms. The summed E-state index contributed by atoms with van der Waals surface area (Å²) < 4.78 is 49.2. The summed E-state index contributed by atoms with van der Waals surface area (Å²) in [5.41, 5.74) is -1.77. The molecule has 2 aromatic rings. The van der Waals surface area contributed by atoms with Crippen LogP contribution in [0, 0.1) is 0 Å². The molecule has 0 saturated carbocycles. The van der Waals surface area contributed by atoms with E-state index in [0.29, 0.717) is 22.6 Å². The van der Waals surface area contributed by atoms with Crippen molar-refractivity contribution in [1.29, 1.82) is 0 Å². The normalized spacial score (nSPS) is 11.2. The van der Waals surface area contributed by atoms with Crippen LogP contribution in [0.5, 0.6) is 11.5 Å². The molecule has 0 aliphatic rings. The molecule has 0 bridgehead atoms. The number of nitrogens with zero attached hydrogens (tertiary/aromatic N) is 1. The zero-order valence-electron chi connectivity index (χ0n) is 13.7. The molecule has 1 N–H and O–H groups in total. The number of halogens is 4. The standard InChI is InChI=1S/C16H14ClF3N2O4/c1-25-10-3-4-12(13(6-10)26-2)21-14(23)8-22-7-9(16(18,19)20)5-11(17)15(22)24/h3-7H,8H2,1-2H3,(H,21,23). The highest BCUT2D eigenvalue weighted by Gasteiger charge is 2.32. The van der Waals surface area contributed by atoms with Crippen LogP contribution in [0.3, 0.4) is 0 Å². The Morgan fingerprint density at radius 1 is 1.23 bits per heavy atom. The van der Waals surface area contributed by atoms with Gasteiger partial charge in [0.2, 0.25) is 5.91 Å². The molecule has 1 heterocycles. The Hall–Kier alpha value is -2.68. The van der Waals surface area contributed by atoms with E-state index in [2.05, 4.69) is 5.32 Å². The smallest absolute Gasteiger partial charge is 0.417 e. The van der Waals surface area contributed by atoms with Gasteiger partial charge in [0, 0.05) is 12.3 Å². The Balaban J connectivity index is 2.26. The van der Waals surface area contributed by atoms with Gasteiger partial charge in [0.25, 0.3) is 5.56 Å². The molecule has 26 heavy (non-hydrogen) atoms. The molecular weight excluding hydrogens is 377 g/mol. The highest BCUT2D eigenvalue weighted by atomic mass is 35.5. The van der Waals surface area contributed by atoms with Gasteiger partial charge in [-0.05, 0) is 18.2 Å². The van der Waals surface area contributed by atoms with E-state index in [9.17, 15) is 22.8 Å². The maximum absolute atomic E-state index is 12.8. The summed E-state index contributed by atoms with van der Waals surface area (Å²) in [5.74, 6) is 0.0406. The molecule has 0 unspecified atom stereocenters. The van der Waals surface area contributed by atoms with Crippen LogP contribution in [0.2, 0.25) is 5.02 Å². The average Bonchev–Trinajstić information content (AvgIpc) is 2.58. The van der Waals surface area contributed by atoms with E-state index in [1.165, 1.54) is 26.4 Å². The fourth-order valence-corrected chi connectivity index (χ4v) is 2.34. The second-order valence-corrected chi connectivity index (χ2v) is 5.53. The highest BCUT2D eigenvalue weighted by molar-refractivity contribution is 6.30. The molecule has 6 nitrogen and oxygen atoms in total. The third kappa shape index (κ3) is 4.48. The minimum atomic E-state index is -4.70. The monoisotopic (exact) mass is 390 g/mol. The van der Waals surface area contributed by atoms with Crippen LogP contribution in [-0.2, 0) is 17.5 Å². The molecule has 2 rings (SSSR count). The summed E-state index contributed by atoms with van der Waals surface area (Å²) in [7, 11) is 2.83. The topological polar surface area (TPSA) is 69.6 Å². The lowest BCUT2D eigenvalue weighted by Gasteiger charge is -2.14. The molecular formula is C16H14ClF3N2O4. The maximum Gasteiger partial charge on any atom is 0.417 e. The van der Waals surface area contributed by atoms with Gasteiger partial charge >= 0.3 is 6.18 Å². The second kappa shape index (κ2) is 7.69.